The number of hydroxylamine groups is 1. The normalized spacial score (nSPS) is 14.2. The lowest BCUT2D eigenvalue weighted by molar-refractivity contribution is -0.124. The molecule has 0 radical (unpaired) electrons. The summed E-state index contributed by atoms with van der Waals surface area (Å²) in [5, 5.41) is 10.9. The molecule has 4 rings (SSSR count). The molecule has 0 atom stereocenters. The second kappa shape index (κ2) is 8.16. The Bertz CT molecular complexity index is 1070. The van der Waals surface area contributed by atoms with E-state index in [-0.39, 0.29) is 6.03 Å². The van der Waals surface area contributed by atoms with E-state index < -0.39 is 5.91 Å². The van der Waals surface area contributed by atoms with Gasteiger partial charge in [0.25, 0.3) is 5.91 Å². The van der Waals surface area contributed by atoms with Crippen LogP contribution in [0.15, 0.2) is 72.8 Å². The second-order valence-electron chi connectivity index (χ2n) is 6.89. The summed E-state index contributed by atoms with van der Waals surface area (Å²) in [6, 6.07) is 21.7. The molecule has 0 aliphatic carbocycles. The van der Waals surface area contributed by atoms with Crippen molar-refractivity contribution >= 4 is 34.5 Å². The maximum absolute atomic E-state index is 12.9. The van der Waals surface area contributed by atoms with E-state index in [1.165, 1.54) is 16.8 Å². The lowest BCUT2D eigenvalue weighted by Gasteiger charge is -2.19. The van der Waals surface area contributed by atoms with Gasteiger partial charge in [-0.05, 0) is 40.1 Å². The van der Waals surface area contributed by atoms with Crippen molar-refractivity contribution in [3.63, 3.8) is 0 Å². The van der Waals surface area contributed by atoms with Crippen LogP contribution in [-0.2, 0) is 11.3 Å². The van der Waals surface area contributed by atoms with E-state index in [2.05, 4.69) is 24.3 Å². The highest BCUT2D eigenvalue weighted by molar-refractivity contribution is 5.95. The van der Waals surface area contributed by atoms with Crippen molar-refractivity contribution in [1.29, 1.82) is 0 Å². The van der Waals surface area contributed by atoms with Crippen LogP contribution in [0.5, 0.6) is 0 Å². The Kier molecular flexibility index (Phi) is 5.27. The Hall–Kier alpha value is -3.64. The molecule has 1 heterocycles. The molecule has 3 aromatic carbocycles. The molecule has 29 heavy (non-hydrogen) atoms. The number of hydrogen-bond acceptors (Lipinski definition) is 3. The largest absolute Gasteiger partial charge is 0.324 e. The molecule has 1 fully saturated rings. The zero-order chi connectivity index (χ0) is 20.2. The molecule has 2 N–H and O–H groups in total. The molecule has 0 bridgehead atoms. The molecule has 0 aromatic heterocycles. The number of benzene rings is 3. The molecular weight excluding hydrogens is 366 g/mol. The zero-order valence-corrected chi connectivity index (χ0v) is 15.8. The minimum absolute atomic E-state index is 0.0131. The van der Waals surface area contributed by atoms with Crippen molar-refractivity contribution in [2.24, 2.45) is 0 Å². The van der Waals surface area contributed by atoms with Gasteiger partial charge in [-0.15, -0.1) is 0 Å². The first-order chi connectivity index (χ1) is 14.2. The van der Waals surface area contributed by atoms with E-state index in [4.69, 9.17) is 5.21 Å². The van der Waals surface area contributed by atoms with E-state index in [1.807, 2.05) is 47.4 Å². The van der Waals surface area contributed by atoms with Crippen LogP contribution in [0.25, 0.3) is 16.8 Å². The van der Waals surface area contributed by atoms with Crippen LogP contribution < -0.4 is 10.4 Å². The van der Waals surface area contributed by atoms with Gasteiger partial charge in [0.05, 0.1) is 0 Å². The smallest absolute Gasteiger partial charge is 0.318 e. The topological polar surface area (TPSA) is 72.9 Å². The van der Waals surface area contributed by atoms with Crippen molar-refractivity contribution < 1.29 is 14.8 Å². The average Bonchev–Trinajstić information content (AvgIpc) is 3.12. The predicted molar refractivity (Wildman–Crippen MR) is 113 cm³/mol. The van der Waals surface area contributed by atoms with E-state index >= 15 is 0 Å². The van der Waals surface area contributed by atoms with Crippen LogP contribution in [0.1, 0.15) is 11.1 Å². The SMILES string of the molecule is O=C(/C=C/c1ccc(N2CCN(Cc3cccc4ccccc34)C2=O)cc1)NO. The van der Waals surface area contributed by atoms with Crippen LogP contribution in [-0.4, -0.2) is 35.1 Å². The summed E-state index contributed by atoms with van der Waals surface area (Å²) >= 11 is 0. The fourth-order valence-electron chi connectivity index (χ4n) is 3.58. The second-order valence-corrected chi connectivity index (χ2v) is 6.89. The fraction of sp³-hybridized carbons (Fsp3) is 0.130. The van der Waals surface area contributed by atoms with Gasteiger partial charge in [0.2, 0.25) is 0 Å². The first-order valence-electron chi connectivity index (χ1n) is 9.41. The summed E-state index contributed by atoms with van der Waals surface area (Å²) in [4.78, 5) is 27.6. The average molecular weight is 387 g/mol. The highest BCUT2D eigenvalue weighted by Gasteiger charge is 2.29. The van der Waals surface area contributed by atoms with Crippen LogP contribution in [0.3, 0.4) is 0 Å². The molecule has 0 spiro atoms. The number of nitrogens with one attached hydrogen (secondary N) is 1. The van der Waals surface area contributed by atoms with E-state index in [9.17, 15) is 9.59 Å². The Morgan fingerprint density at radius 1 is 1.00 bits per heavy atom. The number of carbonyl (C=O) groups excluding carboxylic acids is 2. The Morgan fingerprint density at radius 3 is 2.55 bits per heavy atom. The summed E-state index contributed by atoms with van der Waals surface area (Å²) in [6.45, 7) is 1.87. The number of fused-ring (bicyclic) bond motifs is 1. The quantitative estimate of drug-likeness (QED) is 0.397. The minimum Gasteiger partial charge on any atom is -0.318 e. The van der Waals surface area contributed by atoms with Gasteiger partial charge in [-0.3, -0.25) is 14.9 Å². The molecule has 0 saturated carbocycles. The van der Waals surface area contributed by atoms with Gasteiger partial charge < -0.3 is 4.90 Å². The van der Waals surface area contributed by atoms with Gasteiger partial charge >= 0.3 is 6.03 Å². The van der Waals surface area contributed by atoms with Crippen LogP contribution >= 0.6 is 0 Å². The lowest BCUT2D eigenvalue weighted by Crippen LogP contribution is -2.31. The molecule has 3 aromatic rings. The third kappa shape index (κ3) is 3.97. The third-order valence-electron chi connectivity index (χ3n) is 5.08. The van der Waals surface area contributed by atoms with Crippen molar-refractivity contribution in [2.75, 3.05) is 18.0 Å². The number of hydrogen-bond donors (Lipinski definition) is 2. The van der Waals surface area contributed by atoms with E-state index in [1.54, 1.807) is 16.5 Å². The van der Waals surface area contributed by atoms with Gasteiger partial charge in [-0.1, -0.05) is 54.6 Å². The molecule has 1 aliphatic rings. The van der Waals surface area contributed by atoms with Crippen molar-refractivity contribution in [3.05, 3.63) is 83.9 Å². The Labute approximate surface area is 168 Å². The summed E-state index contributed by atoms with van der Waals surface area (Å²) in [6.07, 6.45) is 2.83. The van der Waals surface area contributed by atoms with Gasteiger partial charge in [-0.2, -0.15) is 0 Å². The van der Waals surface area contributed by atoms with Crippen molar-refractivity contribution in [3.8, 4) is 0 Å². The van der Waals surface area contributed by atoms with Gasteiger partial charge in [-0.25, -0.2) is 10.3 Å². The zero-order valence-electron chi connectivity index (χ0n) is 15.8. The number of rotatable bonds is 5. The van der Waals surface area contributed by atoms with Gasteiger partial charge in [0.1, 0.15) is 0 Å². The Morgan fingerprint density at radius 2 is 1.76 bits per heavy atom. The molecular formula is C23H21N3O3. The van der Waals surface area contributed by atoms with Crippen LogP contribution in [0, 0.1) is 0 Å². The molecule has 1 aliphatic heterocycles. The fourth-order valence-corrected chi connectivity index (χ4v) is 3.58. The standard InChI is InChI=1S/C23H21N3O3/c27-22(24-29)13-10-17-8-11-20(12-9-17)26-15-14-25(23(26)28)16-19-6-3-5-18-4-1-2-7-21(18)19/h1-13,29H,14-16H2,(H,24,27)/b13-10+. The highest BCUT2D eigenvalue weighted by Crippen LogP contribution is 2.25. The third-order valence-corrected chi connectivity index (χ3v) is 5.08. The summed E-state index contributed by atoms with van der Waals surface area (Å²) in [7, 11) is 0. The maximum atomic E-state index is 12.9. The number of carbonyl (C=O) groups is 2. The maximum Gasteiger partial charge on any atom is 0.324 e. The number of anilines is 1. The molecule has 6 heteroatoms. The summed E-state index contributed by atoms with van der Waals surface area (Å²) in [5.74, 6) is -0.590. The van der Waals surface area contributed by atoms with Crippen LogP contribution in [0.4, 0.5) is 10.5 Å². The minimum atomic E-state index is -0.590. The van der Waals surface area contributed by atoms with Gasteiger partial charge in [0, 0.05) is 31.4 Å². The molecule has 146 valence electrons. The number of amides is 3. The Balaban J connectivity index is 1.47. The molecule has 1 saturated heterocycles. The van der Waals surface area contributed by atoms with E-state index in [0.717, 1.165) is 16.8 Å². The molecule has 6 nitrogen and oxygen atoms in total. The highest BCUT2D eigenvalue weighted by atomic mass is 16.5. The number of nitrogens with zero attached hydrogens (tertiary/aromatic N) is 2. The van der Waals surface area contributed by atoms with E-state index in [0.29, 0.717) is 19.6 Å². The van der Waals surface area contributed by atoms with Gasteiger partial charge in [0.15, 0.2) is 0 Å². The number of urea groups is 1. The monoisotopic (exact) mass is 387 g/mol. The van der Waals surface area contributed by atoms with Crippen molar-refractivity contribution in [1.82, 2.24) is 10.4 Å². The first kappa shape index (κ1) is 18.7. The summed E-state index contributed by atoms with van der Waals surface area (Å²) in [5.41, 5.74) is 4.31. The summed E-state index contributed by atoms with van der Waals surface area (Å²) < 4.78 is 0. The van der Waals surface area contributed by atoms with Crippen molar-refractivity contribution in [2.45, 2.75) is 6.54 Å². The van der Waals surface area contributed by atoms with Crippen LogP contribution in [0.2, 0.25) is 0 Å². The lowest BCUT2D eigenvalue weighted by atomic mass is 10.0. The first-order valence-corrected chi connectivity index (χ1v) is 9.41. The predicted octanol–water partition coefficient (Wildman–Crippen LogP) is 3.80. The molecule has 0 unspecified atom stereocenters. The molecule has 3 amide bonds.